The molecule has 18 heavy (non-hydrogen) atoms. The summed E-state index contributed by atoms with van der Waals surface area (Å²) in [5, 5.41) is 3.30. The molecule has 1 unspecified atom stereocenters. The fraction of sp³-hybridized carbons (Fsp3) is 0.929. The highest BCUT2D eigenvalue weighted by Gasteiger charge is 2.48. The largest absolute Gasteiger partial charge is 0.351 e. The topological polar surface area (TPSA) is 58.4 Å². The monoisotopic (exact) mass is 251 g/mol. The number of nitrogens with one attached hydrogen (secondary N) is 1. The molecule has 3 aliphatic heterocycles. The van der Waals surface area contributed by atoms with E-state index in [1.807, 2.05) is 0 Å². The number of carbonyl (C=O) groups excluding carboxylic acids is 1. The molecule has 1 saturated carbocycles. The molecule has 1 aliphatic carbocycles. The van der Waals surface area contributed by atoms with Crippen molar-refractivity contribution in [2.75, 3.05) is 26.2 Å². The number of hydrogen-bond acceptors (Lipinski definition) is 3. The van der Waals surface area contributed by atoms with Crippen LogP contribution in [0.15, 0.2) is 0 Å². The Morgan fingerprint density at radius 3 is 2.50 bits per heavy atom. The van der Waals surface area contributed by atoms with Gasteiger partial charge < -0.3 is 16.0 Å². The van der Waals surface area contributed by atoms with Crippen LogP contribution in [0.4, 0.5) is 0 Å². The van der Waals surface area contributed by atoms with Crippen LogP contribution in [0.25, 0.3) is 0 Å². The van der Waals surface area contributed by atoms with Crippen molar-refractivity contribution in [1.29, 1.82) is 0 Å². The molecule has 3 saturated heterocycles. The van der Waals surface area contributed by atoms with E-state index in [0.717, 1.165) is 19.4 Å². The SMILES string of the molecule is CC1CC(CN)(C(=O)NC2CN3CCC2CC3)C1. The molecule has 1 atom stereocenters. The Hall–Kier alpha value is -0.610. The van der Waals surface area contributed by atoms with E-state index in [1.54, 1.807) is 0 Å². The summed E-state index contributed by atoms with van der Waals surface area (Å²) in [5.41, 5.74) is 5.60. The van der Waals surface area contributed by atoms with Gasteiger partial charge >= 0.3 is 0 Å². The maximum Gasteiger partial charge on any atom is 0.227 e. The molecule has 0 aromatic carbocycles. The number of piperidine rings is 3. The van der Waals surface area contributed by atoms with E-state index in [-0.39, 0.29) is 11.3 Å². The summed E-state index contributed by atoms with van der Waals surface area (Å²) in [6.07, 6.45) is 4.43. The first-order valence-corrected chi connectivity index (χ1v) is 7.36. The van der Waals surface area contributed by atoms with Crippen LogP contribution in [0.1, 0.15) is 32.6 Å². The average molecular weight is 251 g/mol. The normalized spacial score (nSPS) is 46.6. The second kappa shape index (κ2) is 4.49. The zero-order chi connectivity index (χ0) is 12.8. The molecular formula is C14H25N3O. The van der Waals surface area contributed by atoms with Gasteiger partial charge in [0, 0.05) is 19.1 Å². The minimum atomic E-state index is -0.245. The first-order valence-electron chi connectivity index (χ1n) is 7.36. The number of rotatable bonds is 3. The lowest BCUT2D eigenvalue weighted by Gasteiger charge is -2.48. The molecule has 102 valence electrons. The van der Waals surface area contributed by atoms with E-state index >= 15 is 0 Å². The van der Waals surface area contributed by atoms with E-state index in [9.17, 15) is 4.79 Å². The van der Waals surface area contributed by atoms with Crippen molar-refractivity contribution in [2.24, 2.45) is 23.0 Å². The molecule has 4 heteroatoms. The number of carbonyl (C=O) groups is 1. The highest BCUT2D eigenvalue weighted by molar-refractivity contribution is 5.84. The van der Waals surface area contributed by atoms with Gasteiger partial charge in [0.2, 0.25) is 5.91 Å². The van der Waals surface area contributed by atoms with Crippen LogP contribution >= 0.6 is 0 Å². The van der Waals surface area contributed by atoms with Crippen LogP contribution in [0.2, 0.25) is 0 Å². The molecule has 0 radical (unpaired) electrons. The molecule has 0 spiro atoms. The second-order valence-corrected chi connectivity index (χ2v) is 6.72. The van der Waals surface area contributed by atoms with Crippen molar-refractivity contribution in [3.8, 4) is 0 Å². The van der Waals surface area contributed by atoms with Crippen LogP contribution in [0.5, 0.6) is 0 Å². The molecule has 0 aromatic rings. The zero-order valence-electron chi connectivity index (χ0n) is 11.3. The van der Waals surface area contributed by atoms with Gasteiger partial charge in [0.1, 0.15) is 0 Å². The van der Waals surface area contributed by atoms with Crippen molar-refractivity contribution in [3.63, 3.8) is 0 Å². The second-order valence-electron chi connectivity index (χ2n) is 6.72. The van der Waals surface area contributed by atoms with E-state index < -0.39 is 0 Å². The van der Waals surface area contributed by atoms with Gasteiger partial charge in [-0.05, 0) is 50.6 Å². The minimum Gasteiger partial charge on any atom is -0.351 e. The van der Waals surface area contributed by atoms with Crippen LogP contribution in [-0.4, -0.2) is 43.0 Å². The van der Waals surface area contributed by atoms with Crippen molar-refractivity contribution >= 4 is 5.91 Å². The van der Waals surface area contributed by atoms with Gasteiger partial charge in [-0.15, -0.1) is 0 Å². The molecule has 1 amide bonds. The van der Waals surface area contributed by atoms with Crippen molar-refractivity contribution in [2.45, 2.75) is 38.6 Å². The third-order valence-electron chi connectivity index (χ3n) is 5.32. The summed E-state index contributed by atoms with van der Waals surface area (Å²) in [7, 11) is 0. The molecule has 0 aromatic heterocycles. The molecule has 4 nitrogen and oxygen atoms in total. The Morgan fingerprint density at radius 2 is 2.06 bits per heavy atom. The van der Waals surface area contributed by atoms with Crippen LogP contribution in [-0.2, 0) is 4.79 Å². The summed E-state index contributed by atoms with van der Waals surface area (Å²) in [6.45, 7) is 6.19. The Morgan fingerprint density at radius 1 is 1.39 bits per heavy atom. The molecule has 3 N–H and O–H groups in total. The fourth-order valence-corrected chi connectivity index (χ4v) is 4.17. The predicted molar refractivity (Wildman–Crippen MR) is 71.0 cm³/mol. The molecule has 2 bridgehead atoms. The van der Waals surface area contributed by atoms with Gasteiger partial charge in [0.05, 0.1) is 5.41 Å². The van der Waals surface area contributed by atoms with E-state index in [1.165, 1.54) is 25.9 Å². The number of fused-ring (bicyclic) bond motifs is 3. The average Bonchev–Trinajstić information content (AvgIpc) is 2.36. The minimum absolute atomic E-state index is 0.224. The number of hydrogen-bond donors (Lipinski definition) is 2. The highest BCUT2D eigenvalue weighted by Crippen LogP contribution is 2.45. The van der Waals surface area contributed by atoms with Crippen molar-refractivity contribution < 1.29 is 4.79 Å². The maximum atomic E-state index is 12.5. The van der Waals surface area contributed by atoms with Gasteiger partial charge in [-0.1, -0.05) is 6.92 Å². The van der Waals surface area contributed by atoms with E-state index in [2.05, 4.69) is 17.1 Å². The standard InChI is InChI=1S/C14H25N3O/c1-10-6-14(7-10,9-15)13(18)16-12-8-17-4-2-11(12)3-5-17/h10-12H,2-9,15H2,1H3,(H,16,18). The summed E-state index contributed by atoms with van der Waals surface area (Å²) in [5.74, 6) is 1.58. The van der Waals surface area contributed by atoms with Gasteiger partial charge in [-0.3, -0.25) is 4.79 Å². The van der Waals surface area contributed by atoms with E-state index in [4.69, 9.17) is 5.73 Å². The van der Waals surface area contributed by atoms with Crippen LogP contribution < -0.4 is 11.1 Å². The van der Waals surface area contributed by atoms with Gasteiger partial charge in [-0.2, -0.15) is 0 Å². The molecule has 4 fully saturated rings. The Labute approximate surface area is 109 Å². The van der Waals surface area contributed by atoms with E-state index in [0.29, 0.717) is 24.4 Å². The van der Waals surface area contributed by atoms with Crippen LogP contribution in [0.3, 0.4) is 0 Å². The fourth-order valence-electron chi connectivity index (χ4n) is 4.17. The third kappa shape index (κ3) is 1.95. The number of nitrogens with two attached hydrogens (primary N) is 1. The predicted octanol–water partition coefficient (Wildman–Crippen LogP) is 0.572. The highest BCUT2D eigenvalue weighted by atomic mass is 16.2. The van der Waals surface area contributed by atoms with Crippen LogP contribution in [0, 0.1) is 17.3 Å². The van der Waals surface area contributed by atoms with Gasteiger partial charge in [0.15, 0.2) is 0 Å². The summed E-state index contributed by atoms with van der Waals surface area (Å²) in [4.78, 5) is 14.9. The van der Waals surface area contributed by atoms with Crippen molar-refractivity contribution in [3.05, 3.63) is 0 Å². The molecule has 3 heterocycles. The Balaban J connectivity index is 1.61. The Bertz CT molecular complexity index is 330. The smallest absolute Gasteiger partial charge is 0.227 e. The number of amides is 1. The lowest BCUT2D eigenvalue weighted by atomic mass is 9.62. The first kappa shape index (κ1) is 12.4. The van der Waals surface area contributed by atoms with Crippen molar-refractivity contribution in [1.82, 2.24) is 10.2 Å². The molecule has 4 aliphatic rings. The summed E-state index contributed by atoms with van der Waals surface area (Å²) in [6, 6.07) is 0.374. The molecule has 4 rings (SSSR count). The first-order chi connectivity index (χ1) is 8.63. The maximum absolute atomic E-state index is 12.5. The summed E-state index contributed by atoms with van der Waals surface area (Å²) < 4.78 is 0. The summed E-state index contributed by atoms with van der Waals surface area (Å²) >= 11 is 0. The third-order valence-corrected chi connectivity index (χ3v) is 5.32. The lowest BCUT2D eigenvalue weighted by molar-refractivity contribution is -0.140. The number of nitrogens with zero attached hydrogens (tertiary/aromatic N) is 1. The van der Waals surface area contributed by atoms with Gasteiger partial charge in [-0.25, -0.2) is 0 Å². The zero-order valence-corrected chi connectivity index (χ0v) is 11.3. The Kier molecular flexibility index (Phi) is 3.10. The van der Waals surface area contributed by atoms with Gasteiger partial charge in [0.25, 0.3) is 0 Å². The lowest BCUT2D eigenvalue weighted by Crippen LogP contribution is -2.62. The molecular weight excluding hydrogens is 226 g/mol. The quantitative estimate of drug-likeness (QED) is 0.771.